The number of rotatable bonds is 3. The quantitative estimate of drug-likeness (QED) is 0.615. The molecule has 0 saturated heterocycles. The standard InChI is InChI=1S/C5H9NO5S/c1-4(7)6(3-5(8)9)12(2,10)11/h3H2,1-2H3,(H,8,9). The number of carbonyl (C=O) groups is 2. The minimum atomic E-state index is -3.76. The van der Waals surface area contributed by atoms with Crippen LogP contribution in [-0.2, 0) is 19.6 Å². The zero-order valence-corrected chi connectivity index (χ0v) is 7.46. The van der Waals surface area contributed by atoms with Gasteiger partial charge in [-0.05, 0) is 0 Å². The average molecular weight is 195 g/mol. The van der Waals surface area contributed by atoms with Crippen LogP contribution in [0.15, 0.2) is 0 Å². The summed E-state index contributed by atoms with van der Waals surface area (Å²) in [5.74, 6) is -2.17. The minimum absolute atomic E-state index is 0.287. The van der Waals surface area contributed by atoms with E-state index in [9.17, 15) is 18.0 Å². The fraction of sp³-hybridized carbons (Fsp3) is 0.600. The van der Waals surface area contributed by atoms with Crippen LogP contribution < -0.4 is 0 Å². The van der Waals surface area contributed by atoms with Crippen molar-refractivity contribution in [2.45, 2.75) is 6.92 Å². The number of amides is 1. The molecule has 0 fully saturated rings. The van der Waals surface area contributed by atoms with Crippen molar-refractivity contribution in [2.75, 3.05) is 12.8 Å². The molecule has 0 atom stereocenters. The molecule has 0 aromatic carbocycles. The Morgan fingerprint density at radius 2 is 1.83 bits per heavy atom. The van der Waals surface area contributed by atoms with Gasteiger partial charge < -0.3 is 5.11 Å². The number of hydrogen-bond acceptors (Lipinski definition) is 4. The summed E-state index contributed by atoms with van der Waals surface area (Å²) in [5, 5.41) is 8.24. The number of carboxylic acids is 1. The molecule has 0 bridgehead atoms. The summed E-state index contributed by atoms with van der Waals surface area (Å²) < 4.78 is 21.8. The topological polar surface area (TPSA) is 91.8 Å². The molecule has 0 saturated carbocycles. The van der Waals surface area contributed by atoms with Crippen molar-refractivity contribution in [1.82, 2.24) is 4.31 Å². The second-order valence-corrected chi connectivity index (χ2v) is 4.09. The molecule has 0 aliphatic rings. The Morgan fingerprint density at radius 3 is 1.92 bits per heavy atom. The molecule has 0 heterocycles. The number of carbonyl (C=O) groups excluding carboxylic acids is 1. The Bertz CT molecular complexity index is 293. The van der Waals surface area contributed by atoms with Crippen LogP contribution in [0.5, 0.6) is 0 Å². The number of hydrogen-bond donors (Lipinski definition) is 1. The molecule has 1 N–H and O–H groups in total. The van der Waals surface area contributed by atoms with Crippen molar-refractivity contribution in [1.29, 1.82) is 0 Å². The van der Waals surface area contributed by atoms with Crippen molar-refractivity contribution in [3.8, 4) is 0 Å². The van der Waals surface area contributed by atoms with Gasteiger partial charge in [-0.3, -0.25) is 9.59 Å². The maximum atomic E-state index is 10.8. The van der Waals surface area contributed by atoms with Crippen molar-refractivity contribution in [3.63, 3.8) is 0 Å². The van der Waals surface area contributed by atoms with E-state index >= 15 is 0 Å². The van der Waals surface area contributed by atoms with E-state index in [4.69, 9.17) is 5.11 Å². The van der Waals surface area contributed by atoms with Gasteiger partial charge in [-0.25, -0.2) is 12.7 Å². The van der Waals surface area contributed by atoms with E-state index in [-0.39, 0.29) is 4.31 Å². The predicted octanol–water partition coefficient (Wildman–Crippen LogP) is -1.12. The molecule has 1 amide bonds. The molecule has 0 radical (unpaired) electrons. The highest BCUT2D eigenvalue weighted by Crippen LogP contribution is 1.97. The van der Waals surface area contributed by atoms with Crippen LogP contribution in [0.4, 0.5) is 0 Å². The Balaban J connectivity index is 4.70. The maximum absolute atomic E-state index is 10.8. The molecule has 0 aliphatic heterocycles. The zero-order valence-electron chi connectivity index (χ0n) is 6.64. The molecule has 0 spiro atoms. The van der Waals surface area contributed by atoms with Gasteiger partial charge in [0.2, 0.25) is 15.9 Å². The van der Waals surface area contributed by atoms with Crippen LogP contribution in [0.3, 0.4) is 0 Å². The lowest BCUT2D eigenvalue weighted by Gasteiger charge is -2.14. The second kappa shape index (κ2) is 3.53. The van der Waals surface area contributed by atoms with E-state index in [1.54, 1.807) is 0 Å². The zero-order chi connectivity index (χ0) is 9.94. The molecule has 0 aromatic rings. The first-order valence-corrected chi connectivity index (χ1v) is 4.80. The molecule has 0 aliphatic carbocycles. The van der Waals surface area contributed by atoms with Crippen molar-refractivity contribution < 1.29 is 23.1 Å². The summed E-state index contributed by atoms with van der Waals surface area (Å²) in [5.41, 5.74) is 0. The number of nitrogens with zero attached hydrogens (tertiary/aromatic N) is 1. The average Bonchev–Trinajstić information content (AvgIpc) is 1.79. The Labute approximate surface area is 69.8 Å². The molecule has 70 valence electrons. The van der Waals surface area contributed by atoms with Gasteiger partial charge in [-0.1, -0.05) is 0 Å². The lowest BCUT2D eigenvalue weighted by Crippen LogP contribution is -2.38. The van der Waals surface area contributed by atoms with E-state index in [0.29, 0.717) is 0 Å². The van der Waals surface area contributed by atoms with E-state index < -0.39 is 28.4 Å². The van der Waals surface area contributed by atoms with Gasteiger partial charge in [0.15, 0.2) is 0 Å². The van der Waals surface area contributed by atoms with Crippen LogP contribution in [0.25, 0.3) is 0 Å². The Morgan fingerprint density at radius 1 is 1.42 bits per heavy atom. The smallest absolute Gasteiger partial charge is 0.324 e. The molecule has 12 heavy (non-hydrogen) atoms. The van der Waals surface area contributed by atoms with Gasteiger partial charge >= 0.3 is 5.97 Å². The lowest BCUT2D eigenvalue weighted by molar-refractivity contribution is -0.140. The summed E-state index contributed by atoms with van der Waals surface area (Å²) in [7, 11) is -3.76. The van der Waals surface area contributed by atoms with Gasteiger partial charge in [0.1, 0.15) is 6.54 Å². The van der Waals surface area contributed by atoms with Gasteiger partial charge in [0, 0.05) is 6.92 Å². The predicted molar refractivity (Wildman–Crippen MR) is 39.9 cm³/mol. The SMILES string of the molecule is CC(=O)N(CC(=O)O)S(C)(=O)=O. The first kappa shape index (κ1) is 10.9. The molecule has 6 nitrogen and oxygen atoms in total. The van der Waals surface area contributed by atoms with Gasteiger partial charge in [0.25, 0.3) is 0 Å². The van der Waals surface area contributed by atoms with E-state index in [1.165, 1.54) is 0 Å². The first-order valence-electron chi connectivity index (χ1n) is 2.95. The molecular weight excluding hydrogens is 186 g/mol. The largest absolute Gasteiger partial charge is 0.480 e. The summed E-state index contributed by atoms with van der Waals surface area (Å²) >= 11 is 0. The van der Waals surface area contributed by atoms with Crippen LogP contribution in [-0.4, -0.2) is 42.5 Å². The second-order valence-electron chi connectivity index (χ2n) is 2.18. The normalized spacial score (nSPS) is 10.8. The third-order valence-corrected chi connectivity index (χ3v) is 2.22. The van der Waals surface area contributed by atoms with Crippen molar-refractivity contribution >= 4 is 21.9 Å². The molecular formula is C5H9NO5S. The third kappa shape index (κ3) is 3.33. The summed E-state index contributed by atoms with van der Waals surface area (Å²) in [6.07, 6.45) is 0.775. The van der Waals surface area contributed by atoms with Gasteiger partial charge in [-0.15, -0.1) is 0 Å². The van der Waals surface area contributed by atoms with E-state index in [2.05, 4.69) is 0 Å². The summed E-state index contributed by atoms with van der Waals surface area (Å²) in [4.78, 5) is 20.7. The van der Waals surface area contributed by atoms with E-state index in [0.717, 1.165) is 13.2 Å². The van der Waals surface area contributed by atoms with Crippen LogP contribution in [0, 0.1) is 0 Å². The highest BCUT2D eigenvalue weighted by molar-refractivity contribution is 7.88. The van der Waals surface area contributed by atoms with Gasteiger partial charge in [0.05, 0.1) is 6.26 Å². The monoisotopic (exact) mass is 195 g/mol. The number of carboxylic acid groups (broad SMARTS) is 1. The Kier molecular flexibility index (Phi) is 3.20. The van der Waals surface area contributed by atoms with E-state index in [1.807, 2.05) is 0 Å². The lowest BCUT2D eigenvalue weighted by atomic mass is 10.6. The molecule has 0 unspecified atom stereocenters. The number of sulfonamides is 1. The van der Waals surface area contributed by atoms with Crippen LogP contribution in [0.2, 0.25) is 0 Å². The number of aliphatic carboxylic acids is 1. The highest BCUT2D eigenvalue weighted by atomic mass is 32.2. The maximum Gasteiger partial charge on any atom is 0.324 e. The highest BCUT2D eigenvalue weighted by Gasteiger charge is 2.21. The molecule has 0 rings (SSSR count). The van der Waals surface area contributed by atoms with Crippen molar-refractivity contribution in [3.05, 3.63) is 0 Å². The summed E-state index contributed by atoms with van der Waals surface area (Å²) in [6.45, 7) is 0.165. The summed E-state index contributed by atoms with van der Waals surface area (Å²) in [6, 6.07) is 0. The van der Waals surface area contributed by atoms with Crippen LogP contribution >= 0.6 is 0 Å². The fourth-order valence-electron chi connectivity index (χ4n) is 0.585. The molecule has 7 heteroatoms. The third-order valence-electron chi connectivity index (χ3n) is 1.03. The minimum Gasteiger partial charge on any atom is -0.480 e. The van der Waals surface area contributed by atoms with Gasteiger partial charge in [-0.2, -0.15) is 0 Å². The van der Waals surface area contributed by atoms with Crippen LogP contribution in [0.1, 0.15) is 6.92 Å². The Hall–Kier alpha value is -1.11. The fourth-order valence-corrected chi connectivity index (χ4v) is 1.40. The molecule has 0 aromatic heterocycles. The first-order chi connectivity index (χ1) is 5.25. The van der Waals surface area contributed by atoms with Crippen molar-refractivity contribution in [2.24, 2.45) is 0 Å².